The number of thiophene rings is 1. The fourth-order valence-corrected chi connectivity index (χ4v) is 2.26. The van der Waals surface area contributed by atoms with Crippen molar-refractivity contribution in [2.24, 2.45) is 0 Å². The van der Waals surface area contributed by atoms with Gasteiger partial charge in [0.2, 0.25) is 5.91 Å². The van der Waals surface area contributed by atoms with Crippen molar-refractivity contribution in [1.29, 1.82) is 0 Å². The quantitative estimate of drug-likeness (QED) is 0.751. The number of hydrogen-bond donors (Lipinski definition) is 3. The van der Waals surface area contributed by atoms with Crippen LogP contribution in [0.25, 0.3) is 0 Å². The predicted molar refractivity (Wildman–Crippen MR) is 63.6 cm³/mol. The van der Waals surface area contributed by atoms with E-state index < -0.39 is 12.2 Å². The van der Waals surface area contributed by atoms with E-state index in [1.165, 1.54) is 18.3 Å². The van der Waals surface area contributed by atoms with Crippen molar-refractivity contribution in [1.82, 2.24) is 5.32 Å². The number of carbonyl (C=O) groups excluding carboxylic acids is 1. The average molecular weight is 264 g/mol. The van der Waals surface area contributed by atoms with E-state index in [-0.39, 0.29) is 12.3 Å². The lowest BCUT2D eigenvalue weighted by Crippen LogP contribution is -2.27. The van der Waals surface area contributed by atoms with Gasteiger partial charge < -0.3 is 15.5 Å². The van der Waals surface area contributed by atoms with Crippen LogP contribution in [0.5, 0.6) is 0 Å². The summed E-state index contributed by atoms with van der Waals surface area (Å²) >= 11 is 7.14. The molecule has 1 amide bonds. The normalized spacial score (nSPS) is 14.5. The Morgan fingerprint density at radius 3 is 2.81 bits per heavy atom. The molecule has 0 aliphatic rings. The molecule has 3 N–H and O–H groups in total. The van der Waals surface area contributed by atoms with Gasteiger partial charge in [0.1, 0.15) is 6.10 Å². The van der Waals surface area contributed by atoms with E-state index in [4.69, 9.17) is 11.6 Å². The Morgan fingerprint density at radius 2 is 2.31 bits per heavy atom. The van der Waals surface area contributed by atoms with Crippen molar-refractivity contribution in [3.8, 4) is 0 Å². The highest BCUT2D eigenvalue weighted by Crippen LogP contribution is 2.30. The Kier molecular flexibility index (Phi) is 5.21. The summed E-state index contributed by atoms with van der Waals surface area (Å²) in [5, 5.41) is 23.8. The van der Waals surface area contributed by atoms with Crippen molar-refractivity contribution in [3.63, 3.8) is 0 Å². The van der Waals surface area contributed by atoms with Crippen LogP contribution in [-0.4, -0.2) is 28.8 Å². The third kappa shape index (κ3) is 3.75. The Labute approximate surface area is 103 Å². The molecule has 4 nitrogen and oxygen atoms in total. The maximum atomic E-state index is 10.6. The average Bonchev–Trinajstić information content (AvgIpc) is 2.62. The summed E-state index contributed by atoms with van der Waals surface area (Å²) in [5.74, 6) is -0.157. The Bertz CT molecular complexity index is 356. The van der Waals surface area contributed by atoms with Crippen LogP contribution in [0.2, 0.25) is 4.34 Å². The van der Waals surface area contributed by atoms with Gasteiger partial charge in [-0.1, -0.05) is 11.6 Å². The number of amides is 1. The van der Waals surface area contributed by atoms with E-state index in [0.29, 0.717) is 16.4 Å². The summed E-state index contributed by atoms with van der Waals surface area (Å²) < 4.78 is 0.478. The Hall–Kier alpha value is -0.620. The lowest BCUT2D eigenvalue weighted by atomic mass is 10.1. The maximum Gasteiger partial charge on any atom is 0.216 e. The fourth-order valence-electron chi connectivity index (χ4n) is 1.28. The van der Waals surface area contributed by atoms with Crippen LogP contribution in [0, 0.1) is 0 Å². The lowest BCUT2D eigenvalue weighted by molar-refractivity contribution is -0.119. The van der Waals surface area contributed by atoms with Gasteiger partial charge in [-0.3, -0.25) is 4.79 Å². The second kappa shape index (κ2) is 6.20. The number of aliphatic hydroxyl groups excluding tert-OH is 2. The predicted octanol–water partition coefficient (Wildman–Crippen LogP) is 1.32. The number of hydrogen-bond acceptors (Lipinski definition) is 4. The number of nitrogens with one attached hydrogen (secondary N) is 1. The van der Waals surface area contributed by atoms with Crippen LogP contribution in [-0.2, 0) is 4.79 Å². The first kappa shape index (κ1) is 13.4. The topological polar surface area (TPSA) is 69.6 Å². The zero-order valence-corrected chi connectivity index (χ0v) is 10.4. The number of halogens is 1. The van der Waals surface area contributed by atoms with E-state index in [9.17, 15) is 15.0 Å². The van der Waals surface area contributed by atoms with Gasteiger partial charge in [-0.25, -0.2) is 0 Å². The minimum absolute atomic E-state index is 0.157. The third-order valence-electron chi connectivity index (χ3n) is 2.14. The second-order valence-electron chi connectivity index (χ2n) is 3.43. The monoisotopic (exact) mass is 263 g/mol. The summed E-state index contributed by atoms with van der Waals surface area (Å²) in [6.45, 7) is 1.73. The van der Waals surface area contributed by atoms with Crippen LogP contribution in [0.15, 0.2) is 11.4 Å². The summed E-state index contributed by atoms with van der Waals surface area (Å²) in [5.41, 5.74) is 0.530. The second-order valence-corrected chi connectivity index (χ2v) is 4.95. The molecule has 1 heterocycles. The molecule has 2 unspecified atom stereocenters. The highest BCUT2D eigenvalue weighted by atomic mass is 35.5. The Morgan fingerprint density at radius 1 is 1.62 bits per heavy atom. The largest absolute Gasteiger partial charge is 0.390 e. The van der Waals surface area contributed by atoms with Crippen LogP contribution < -0.4 is 5.32 Å². The van der Waals surface area contributed by atoms with Crippen LogP contribution >= 0.6 is 22.9 Å². The molecular formula is C10H14ClNO3S. The van der Waals surface area contributed by atoms with Crippen molar-refractivity contribution in [2.75, 3.05) is 6.54 Å². The number of rotatable bonds is 5. The minimum atomic E-state index is -1.01. The van der Waals surface area contributed by atoms with Crippen molar-refractivity contribution in [3.05, 3.63) is 21.3 Å². The van der Waals surface area contributed by atoms with Gasteiger partial charge in [-0.05, 0) is 17.9 Å². The molecule has 90 valence electrons. The zero-order valence-electron chi connectivity index (χ0n) is 8.81. The van der Waals surface area contributed by atoms with Crippen LogP contribution in [0.3, 0.4) is 0 Å². The molecule has 6 heteroatoms. The van der Waals surface area contributed by atoms with E-state index >= 15 is 0 Å². The smallest absolute Gasteiger partial charge is 0.216 e. The first-order chi connectivity index (χ1) is 7.52. The molecule has 0 fully saturated rings. The maximum absolute atomic E-state index is 10.6. The van der Waals surface area contributed by atoms with Gasteiger partial charge in [-0.15, -0.1) is 11.3 Å². The standard InChI is InChI=1S/C10H14ClNO3S/c1-6(13)12-4-2-8(14)9(15)7-3-5-16-10(7)11/h3,5,8-9,14-15H,2,4H2,1H3,(H,12,13). The molecule has 1 rings (SSSR count). The first-order valence-electron chi connectivity index (χ1n) is 4.86. The SMILES string of the molecule is CC(=O)NCCC(O)C(O)c1ccsc1Cl. The van der Waals surface area contributed by atoms with Crippen LogP contribution in [0.1, 0.15) is 25.0 Å². The summed E-state index contributed by atoms with van der Waals surface area (Å²) in [7, 11) is 0. The molecule has 0 saturated carbocycles. The molecule has 1 aromatic rings. The molecule has 1 aromatic heterocycles. The molecule has 2 atom stereocenters. The van der Waals surface area contributed by atoms with E-state index in [1.807, 2.05) is 0 Å². The van der Waals surface area contributed by atoms with Crippen LogP contribution in [0.4, 0.5) is 0 Å². The first-order valence-corrected chi connectivity index (χ1v) is 6.11. The van der Waals surface area contributed by atoms with Crippen molar-refractivity contribution >= 4 is 28.8 Å². The molecule has 0 aliphatic carbocycles. The highest BCUT2D eigenvalue weighted by Gasteiger charge is 2.21. The highest BCUT2D eigenvalue weighted by molar-refractivity contribution is 7.14. The molecular weight excluding hydrogens is 250 g/mol. The fraction of sp³-hybridized carbons (Fsp3) is 0.500. The van der Waals surface area contributed by atoms with Gasteiger partial charge in [0.25, 0.3) is 0 Å². The summed E-state index contributed by atoms with van der Waals surface area (Å²) in [4.78, 5) is 10.6. The van der Waals surface area contributed by atoms with Gasteiger partial charge in [0, 0.05) is 19.0 Å². The molecule has 0 bridgehead atoms. The van der Waals surface area contributed by atoms with E-state index in [0.717, 1.165) is 0 Å². The lowest BCUT2D eigenvalue weighted by Gasteiger charge is -2.17. The van der Waals surface area contributed by atoms with E-state index in [1.54, 1.807) is 11.4 Å². The molecule has 0 aliphatic heterocycles. The van der Waals surface area contributed by atoms with Crippen molar-refractivity contribution < 1.29 is 15.0 Å². The van der Waals surface area contributed by atoms with Crippen molar-refractivity contribution in [2.45, 2.75) is 25.6 Å². The molecule has 0 radical (unpaired) electrons. The molecule has 0 saturated heterocycles. The van der Waals surface area contributed by atoms with Gasteiger partial charge >= 0.3 is 0 Å². The summed E-state index contributed by atoms with van der Waals surface area (Å²) in [6, 6.07) is 1.68. The number of aliphatic hydroxyl groups is 2. The van der Waals surface area contributed by atoms with Gasteiger partial charge in [-0.2, -0.15) is 0 Å². The Balaban J connectivity index is 2.45. The van der Waals surface area contributed by atoms with E-state index in [2.05, 4.69) is 5.32 Å². The molecule has 0 aromatic carbocycles. The summed E-state index contributed by atoms with van der Waals surface area (Å²) in [6.07, 6.45) is -1.65. The van der Waals surface area contributed by atoms with Gasteiger partial charge in [0.05, 0.1) is 10.4 Å². The third-order valence-corrected chi connectivity index (χ3v) is 3.34. The zero-order chi connectivity index (χ0) is 12.1. The molecule has 16 heavy (non-hydrogen) atoms. The minimum Gasteiger partial charge on any atom is -0.390 e. The number of carbonyl (C=O) groups is 1. The van der Waals surface area contributed by atoms with Gasteiger partial charge in [0.15, 0.2) is 0 Å². The molecule has 0 spiro atoms.